The van der Waals surface area contributed by atoms with Crippen molar-refractivity contribution in [1.29, 1.82) is 0 Å². The van der Waals surface area contributed by atoms with E-state index in [0.717, 1.165) is 22.5 Å². The van der Waals surface area contributed by atoms with Gasteiger partial charge in [0.1, 0.15) is 5.52 Å². The molecule has 0 bridgehead atoms. The van der Waals surface area contributed by atoms with E-state index in [1.54, 1.807) is 11.3 Å². The van der Waals surface area contributed by atoms with Crippen molar-refractivity contribution in [3.8, 4) is 0 Å². The van der Waals surface area contributed by atoms with Gasteiger partial charge in [0.2, 0.25) is 0 Å². The van der Waals surface area contributed by atoms with Gasteiger partial charge in [-0.2, -0.15) is 0 Å². The van der Waals surface area contributed by atoms with E-state index in [1.807, 2.05) is 30.3 Å². The molecule has 27 heavy (non-hydrogen) atoms. The fourth-order valence-corrected chi connectivity index (χ4v) is 3.24. The van der Waals surface area contributed by atoms with Gasteiger partial charge in [-0.1, -0.05) is 74.2 Å². The average molecular weight is 387 g/mol. The predicted molar refractivity (Wildman–Crippen MR) is 122 cm³/mol. The summed E-state index contributed by atoms with van der Waals surface area (Å²) in [4.78, 5) is 8.88. The minimum Gasteiger partial charge on any atom is -0.440 e. The van der Waals surface area contributed by atoms with E-state index in [2.05, 4.69) is 55.9 Å². The maximum absolute atomic E-state index is 5.52. The summed E-state index contributed by atoms with van der Waals surface area (Å²) in [6, 6.07) is 16.1. The van der Waals surface area contributed by atoms with Crippen LogP contribution < -0.4 is 0 Å². The number of benzene rings is 2. The smallest absolute Gasteiger partial charge is 0.198 e. The van der Waals surface area contributed by atoms with Gasteiger partial charge < -0.3 is 4.42 Å². The number of fused-ring (bicyclic) bond motifs is 2. The maximum atomic E-state index is 5.52. The minimum absolute atomic E-state index is 0. The predicted octanol–water partition coefficient (Wildman–Crippen LogP) is 8.28. The van der Waals surface area contributed by atoms with Crippen LogP contribution in [0.25, 0.3) is 21.3 Å². The van der Waals surface area contributed by atoms with E-state index < -0.39 is 0 Å². The Morgan fingerprint density at radius 3 is 1.89 bits per heavy atom. The van der Waals surface area contributed by atoms with Crippen molar-refractivity contribution in [2.75, 3.05) is 0 Å². The normalized spacial score (nSPS) is 10.0. The second-order valence-electron chi connectivity index (χ2n) is 6.35. The second kappa shape index (κ2) is 10.8. The molecule has 3 nitrogen and oxygen atoms in total. The summed E-state index contributed by atoms with van der Waals surface area (Å²) >= 11 is 1.79. The van der Waals surface area contributed by atoms with Crippen molar-refractivity contribution in [2.24, 2.45) is 0 Å². The molecule has 2 heterocycles. The first-order valence-corrected chi connectivity index (χ1v) is 9.07. The number of para-hydroxylation sites is 3. The summed E-state index contributed by atoms with van der Waals surface area (Å²) in [5.41, 5.74) is 2.95. The number of rotatable bonds is 2. The zero-order valence-corrected chi connectivity index (χ0v) is 15.3. The van der Waals surface area contributed by atoms with Gasteiger partial charge >= 0.3 is 0 Å². The number of hydrogen-bond donors (Lipinski definition) is 0. The van der Waals surface area contributed by atoms with Crippen LogP contribution in [0.3, 0.4) is 0 Å². The highest BCUT2D eigenvalue weighted by Gasteiger charge is 2.07. The van der Waals surface area contributed by atoms with Crippen LogP contribution in [0.1, 0.15) is 72.7 Å². The van der Waals surface area contributed by atoms with Crippen molar-refractivity contribution >= 4 is 32.7 Å². The molecule has 0 fully saturated rings. The Bertz CT molecular complexity index is 794. The summed E-state index contributed by atoms with van der Waals surface area (Å²) in [6.07, 6.45) is 0. The van der Waals surface area contributed by atoms with Gasteiger partial charge in [-0.3, -0.25) is 0 Å². The molecule has 4 heteroatoms. The molecule has 0 unspecified atom stereocenters. The van der Waals surface area contributed by atoms with E-state index in [4.69, 9.17) is 4.42 Å². The zero-order chi connectivity index (χ0) is 17.1. The topological polar surface area (TPSA) is 38.9 Å². The molecule has 0 spiro atoms. The maximum Gasteiger partial charge on any atom is 0.198 e. The van der Waals surface area contributed by atoms with E-state index in [1.165, 1.54) is 9.71 Å². The van der Waals surface area contributed by atoms with Crippen molar-refractivity contribution in [3.05, 3.63) is 59.4 Å². The highest BCUT2D eigenvalue weighted by Crippen LogP contribution is 2.26. The molecule has 4 aromatic rings. The van der Waals surface area contributed by atoms with Gasteiger partial charge in [-0.25, -0.2) is 9.97 Å². The Balaban J connectivity index is 0.000000451. The van der Waals surface area contributed by atoms with Crippen LogP contribution in [-0.2, 0) is 0 Å². The third-order valence-corrected chi connectivity index (χ3v) is 4.95. The number of nitrogens with zero attached hydrogens (tertiary/aromatic N) is 2. The van der Waals surface area contributed by atoms with Gasteiger partial charge in [0, 0.05) is 11.8 Å². The standard InChI is InChI=1S/C10H11NO.C10H11NS.3CH4/c2*1-7(2)10-11-8-5-3-4-6-9(8)12-10;;;/h2*3-7H,1-2H3;3*1H4. The van der Waals surface area contributed by atoms with Crippen LogP contribution >= 0.6 is 11.3 Å². The third-order valence-electron chi connectivity index (χ3n) is 3.61. The van der Waals surface area contributed by atoms with Gasteiger partial charge in [0.25, 0.3) is 0 Å². The molecular weight excluding hydrogens is 352 g/mol. The molecule has 2 aromatic heterocycles. The lowest BCUT2D eigenvalue weighted by molar-refractivity contribution is 0.501. The van der Waals surface area contributed by atoms with Gasteiger partial charge in [-0.05, 0) is 24.3 Å². The highest BCUT2D eigenvalue weighted by atomic mass is 32.1. The lowest BCUT2D eigenvalue weighted by Crippen LogP contribution is -1.84. The van der Waals surface area contributed by atoms with Gasteiger partial charge in [-0.15, -0.1) is 11.3 Å². The number of oxazole rings is 1. The second-order valence-corrected chi connectivity index (χ2v) is 7.41. The van der Waals surface area contributed by atoms with E-state index in [0.29, 0.717) is 11.8 Å². The molecule has 0 aliphatic heterocycles. The first kappa shape index (κ1) is 24.8. The van der Waals surface area contributed by atoms with E-state index >= 15 is 0 Å². The molecule has 0 atom stereocenters. The Labute approximate surface area is 168 Å². The number of aromatic nitrogens is 2. The fourth-order valence-electron chi connectivity index (χ4n) is 2.27. The summed E-state index contributed by atoms with van der Waals surface area (Å²) in [6.45, 7) is 8.50. The molecule has 148 valence electrons. The first-order chi connectivity index (χ1) is 11.5. The lowest BCUT2D eigenvalue weighted by atomic mass is 10.2. The monoisotopic (exact) mass is 386 g/mol. The zero-order valence-electron chi connectivity index (χ0n) is 14.5. The molecular formula is C23H34N2OS. The minimum atomic E-state index is 0. The molecule has 0 amide bonds. The average Bonchev–Trinajstić information content (AvgIpc) is 3.19. The molecule has 0 N–H and O–H groups in total. The third kappa shape index (κ3) is 5.90. The van der Waals surface area contributed by atoms with Crippen LogP contribution in [0.2, 0.25) is 0 Å². The molecule has 2 aromatic carbocycles. The summed E-state index contributed by atoms with van der Waals surface area (Å²) in [7, 11) is 0. The summed E-state index contributed by atoms with van der Waals surface area (Å²) < 4.78 is 6.81. The quantitative estimate of drug-likeness (QED) is 0.348. The van der Waals surface area contributed by atoms with Crippen LogP contribution in [0, 0.1) is 0 Å². The Morgan fingerprint density at radius 1 is 0.741 bits per heavy atom. The van der Waals surface area contributed by atoms with Crippen LogP contribution in [0.15, 0.2) is 52.9 Å². The molecule has 0 saturated carbocycles. The van der Waals surface area contributed by atoms with Gasteiger partial charge in [0.05, 0.1) is 15.2 Å². The number of thiazole rings is 1. The molecule has 4 rings (SSSR count). The van der Waals surface area contributed by atoms with Crippen molar-refractivity contribution < 1.29 is 4.42 Å². The largest absolute Gasteiger partial charge is 0.440 e. The molecule has 0 radical (unpaired) electrons. The molecule has 0 saturated heterocycles. The highest BCUT2D eigenvalue weighted by molar-refractivity contribution is 7.18. The Morgan fingerprint density at radius 2 is 1.33 bits per heavy atom. The van der Waals surface area contributed by atoms with Crippen LogP contribution in [0.4, 0.5) is 0 Å². The summed E-state index contributed by atoms with van der Waals surface area (Å²) in [5.74, 6) is 1.72. The Hall–Kier alpha value is -2.20. The number of hydrogen-bond acceptors (Lipinski definition) is 4. The first-order valence-electron chi connectivity index (χ1n) is 8.25. The van der Waals surface area contributed by atoms with Crippen LogP contribution in [0.5, 0.6) is 0 Å². The van der Waals surface area contributed by atoms with Crippen LogP contribution in [-0.4, -0.2) is 9.97 Å². The molecule has 0 aliphatic carbocycles. The van der Waals surface area contributed by atoms with Gasteiger partial charge in [0.15, 0.2) is 11.5 Å². The summed E-state index contributed by atoms with van der Waals surface area (Å²) in [5, 5.41) is 1.23. The van der Waals surface area contributed by atoms with E-state index in [-0.39, 0.29) is 22.3 Å². The Kier molecular flexibility index (Phi) is 9.95. The SMILES string of the molecule is C.C.C.CC(C)c1nc2ccccc2o1.CC(C)c1nc2ccccc2s1. The van der Waals surface area contributed by atoms with Crippen molar-refractivity contribution in [3.63, 3.8) is 0 Å². The molecule has 0 aliphatic rings. The van der Waals surface area contributed by atoms with Crippen molar-refractivity contribution in [1.82, 2.24) is 9.97 Å². The fraction of sp³-hybridized carbons (Fsp3) is 0.391. The van der Waals surface area contributed by atoms with Crippen molar-refractivity contribution in [2.45, 2.75) is 61.8 Å². The lowest BCUT2D eigenvalue weighted by Gasteiger charge is -1.94. The van der Waals surface area contributed by atoms with E-state index in [9.17, 15) is 0 Å².